The van der Waals surface area contributed by atoms with E-state index >= 15 is 0 Å². The smallest absolute Gasteiger partial charge is 0.323 e. The van der Waals surface area contributed by atoms with Gasteiger partial charge in [-0.2, -0.15) is 0 Å². The molecule has 32 heavy (non-hydrogen) atoms. The fourth-order valence-electron chi connectivity index (χ4n) is 3.78. The van der Waals surface area contributed by atoms with Gasteiger partial charge in [0.15, 0.2) is 5.82 Å². The summed E-state index contributed by atoms with van der Waals surface area (Å²) in [6, 6.07) is 6.51. The number of aliphatic carboxylic acids is 1. The molecule has 1 saturated heterocycles. The predicted octanol–water partition coefficient (Wildman–Crippen LogP) is 1.05. The van der Waals surface area contributed by atoms with Crippen LogP contribution in [0.2, 0.25) is 0 Å². The summed E-state index contributed by atoms with van der Waals surface area (Å²) in [5, 5.41) is 13.5. The highest BCUT2D eigenvalue weighted by Gasteiger charge is 2.30. The summed E-state index contributed by atoms with van der Waals surface area (Å²) in [6.45, 7) is 4.45. The third-order valence-corrected chi connectivity index (χ3v) is 5.37. The normalized spacial score (nSPS) is 17.6. The lowest BCUT2D eigenvalue weighted by Crippen LogP contribution is -2.44. The molecule has 11 heteroatoms. The van der Waals surface area contributed by atoms with Crippen molar-refractivity contribution in [3.8, 4) is 11.4 Å². The van der Waals surface area contributed by atoms with Crippen molar-refractivity contribution in [2.24, 2.45) is 0 Å². The van der Waals surface area contributed by atoms with Gasteiger partial charge in [-0.15, -0.1) is 0 Å². The molecule has 0 saturated carbocycles. The van der Waals surface area contributed by atoms with E-state index in [0.717, 1.165) is 29.0 Å². The average Bonchev–Trinajstić information content (AvgIpc) is 3.21. The number of rotatable bonds is 6. The fraction of sp³-hybridized carbons (Fsp3) is 0.381. The number of urea groups is 1. The maximum Gasteiger partial charge on any atom is 0.323 e. The van der Waals surface area contributed by atoms with E-state index in [2.05, 4.69) is 22.5 Å². The molecule has 0 radical (unpaired) electrons. The first-order valence-corrected chi connectivity index (χ1v) is 10.2. The highest BCUT2D eigenvalue weighted by molar-refractivity contribution is 5.91. The van der Waals surface area contributed by atoms with E-state index in [1.807, 2.05) is 0 Å². The van der Waals surface area contributed by atoms with E-state index in [1.165, 1.54) is 0 Å². The molecule has 0 bridgehead atoms. The SMILES string of the molecule is CC1COCCN1c1nc(-c2ccc(NC(=O)NCC(=O)O)cc2)nc2c1CN(C=O)C2. The van der Waals surface area contributed by atoms with Crippen LogP contribution in [0.1, 0.15) is 18.2 Å². The molecule has 2 aliphatic heterocycles. The number of amides is 3. The van der Waals surface area contributed by atoms with Crippen LogP contribution in [-0.4, -0.2) is 70.7 Å². The maximum absolute atomic E-state index is 11.8. The molecule has 0 aliphatic carbocycles. The number of anilines is 2. The number of carboxylic acid groups (broad SMARTS) is 1. The fourth-order valence-corrected chi connectivity index (χ4v) is 3.78. The highest BCUT2D eigenvalue weighted by atomic mass is 16.5. The topological polar surface area (TPSA) is 137 Å². The highest BCUT2D eigenvalue weighted by Crippen LogP contribution is 2.33. The van der Waals surface area contributed by atoms with Crippen molar-refractivity contribution in [2.45, 2.75) is 26.1 Å². The van der Waals surface area contributed by atoms with Gasteiger partial charge in [0.05, 0.1) is 38.0 Å². The second kappa shape index (κ2) is 9.18. The maximum atomic E-state index is 11.8. The average molecular weight is 440 g/mol. The molecule has 3 N–H and O–H groups in total. The largest absolute Gasteiger partial charge is 0.480 e. The van der Waals surface area contributed by atoms with Crippen LogP contribution in [0.15, 0.2) is 24.3 Å². The van der Waals surface area contributed by atoms with Crippen molar-refractivity contribution < 1.29 is 24.2 Å². The van der Waals surface area contributed by atoms with Gasteiger partial charge in [-0.1, -0.05) is 0 Å². The van der Waals surface area contributed by atoms with Gasteiger partial charge in [0.25, 0.3) is 0 Å². The molecule has 3 heterocycles. The van der Waals surface area contributed by atoms with Gasteiger partial charge in [-0.05, 0) is 31.2 Å². The third kappa shape index (κ3) is 4.62. The van der Waals surface area contributed by atoms with Crippen LogP contribution in [0, 0.1) is 0 Å². The zero-order valence-electron chi connectivity index (χ0n) is 17.6. The Bertz CT molecular complexity index is 1030. The van der Waals surface area contributed by atoms with Crippen LogP contribution >= 0.6 is 0 Å². The standard InChI is InChI=1S/C21H24N6O5/c1-13-11-32-7-6-27(13)20-16-9-26(12-28)10-17(16)24-19(25-20)14-2-4-15(5-3-14)23-21(31)22-8-18(29)30/h2-5,12-13H,6-11H2,1H3,(H,29,30)(H2,22,23,31). The Balaban J connectivity index is 1.60. The van der Waals surface area contributed by atoms with E-state index < -0.39 is 18.5 Å². The molecule has 2 aromatic rings. The zero-order valence-corrected chi connectivity index (χ0v) is 17.6. The van der Waals surface area contributed by atoms with Crippen LogP contribution in [-0.2, 0) is 27.4 Å². The minimum atomic E-state index is -1.12. The minimum Gasteiger partial charge on any atom is -0.480 e. The number of hydrogen-bond donors (Lipinski definition) is 3. The first-order chi connectivity index (χ1) is 15.4. The number of nitrogens with zero attached hydrogens (tertiary/aromatic N) is 4. The molecule has 1 aromatic heterocycles. The summed E-state index contributed by atoms with van der Waals surface area (Å²) in [5.41, 5.74) is 3.05. The Hall–Kier alpha value is -3.73. The molecular weight excluding hydrogens is 416 g/mol. The number of carbonyl (C=O) groups excluding carboxylic acids is 2. The minimum absolute atomic E-state index is 0.150. The van der Waals surface area contributed by atoms with Gasteiger partial charge in [0.1, 0.15) is 12.4 Å². The van der Waals surface area contributed by atoms with Crippen molar-refractivity contribution in [2.75, 3.05) is 36.5 Å². The van der Waals surface area contributed by atoms with Gasteiger partial charge < -0.3 is 30.3 Å². The van der Waals surface area contributed by atoms with Crippen LogP contribution in [0.4, 0.5) is 16.3 Å². The number of aromatic nitrogens is 2. The number of fused-ring (bicyclic) bond motifs is 1. The second-order valence-electron chi connectivity index (χ2n) is 7.70. The van der Waals surface area contributed by atoms with Gasteiger partial charge in [-0.3, -0.25) is 9.59 Å². The lowest BCUT2D eigenvalue weighted by molar-refractivity contribution is -0.135. The third-order valence-electron chi connectivity index (χ3n) is 5.37. The van der Waals surface area contributed by atoms with E-state index in [1.54, 1.807) is 29.2 Å². The van der Waals surface area contributed by atoms with Gasteiger partial charge in [-0.25, -0.2) is 14.8 Å². The molecule has 2 aliphatic rings. The summed E-state index contributed by atoms with van der Waals surface area (Å²) in [4.78, 5) is 47.1. The lowest BCUT2D eigenvalue weighted by atomic mass is 10.1. The Labute approximate surface area is 184 Å². The number of morpholine rings is 1. The van der Waals surface area contributed by atoms with E-state index in [-0.39, 0.29) is 6.04 Å². The Morgan fingerprint density at radius 3 is 2.72 bits per heavy atom. The van der Waals surface area contributed by atoms with Crippen molar-refractivity contribution >= 4 is 29.9 Å². The van der Waals surface area contributed by atoms with Gasteiger partial charge in [0, 0.05) is 23.4 Å². The van der Waals surface area contributed by atoms with Crippen molar-refractivity contribution in [1.82, 2.24) is 20.2 Å². The molecule has 1 fully saturated rings. The summed E-state index contributed by atoms with van der Waals surface area (Å²) in [7, 11) is 0. The monoisotopic (exact) mass is 440 g/mol. The molecule has 11 nitrogen and oxygen atoms in total. The summed E-state index contributed by atoms with van der Waals surface area (Å²) in [5.74, 6) is 0.232. The van der Waals surface area contributed by atoms with Crippen LogP contribution in [0.5, 0.6) is 0 Å². The number of ether oxygens (including phenoxy) is 1. The number of hydrogen-bond acceptors (Lipinski definition) is 7. The Morgan fingerprint density at radius 1 is 1.25 bits per heavy atom. The van der Waals surface area contributed by atoms with E-state index in [4.69, 9.17) is 19.8 Å². The molecule has 168 valence electrons. The van der Waals surface area contributed by atoms with Crippen LogP contribution in [0.3, 0.4) is 0 Å². The van der Waals surface area contributed by atoms with E-state index in [9.17, 15) is 14.4 Å². The molecular formula is C21H24N6O5. The van der Waals surface area contributed by atoms with Gasteiger partial charge >= 0.3 is 12.0 Å². The Kier molecular flexibility index (Phi) is 6.17. The van der Waals surface area contributed by atoms with Crippen molar-refractivity contribution in [1.29, 1.82) is 0 Å². The first-order valence-electron chi connectivity index (χ1n) is 10.2. The zero-order chi connectivity index (χ0) is 22.7. The molecule has 3 amide bonds. The summed E-state index contributed by atoms with van der Waals surface area (Å²) >= 11 is 0. The van der Waals surface area contributed by atoms with Gasteiger partial charge in [0.2, 0.25) is 6.41 Å². The first kappa shape index (κ1) is 21.5. The van der Waals surface area contributed by atoms with E-state index in [0.29, 0.717) is 44.4 Å². The number of benzene rings is 1. The molecule has 1 unspecified atom stereocenters. The molecule has 1 aromatic carbocycles. The predicted molar refractivity (Wildman–Crippen MR) is 115 cm³/mol. The molecule has 4 rings (SSSR count). The lowest BCUT2D eigenvalue weighted by Gasteiger charge is -2.35. The second-order valence-corrected chi connectivity index (χ2v) is 7.70. The molecule has 1 atom stereocenters. The summed E-state index contributed by atoms with van der Waals surface area (Å²) < 4.78 is 5.56. The quantitative estimate of drug-likeness (QED) is 0.567. The number of carboxylic acids is 1. The van der Waals surface area contributed by atoms with Crippen molar-refractivity contribution in [3.63, 3.8) is 0 Å². The van der Waals surface area contributed by atoms with Crippen LogP contribution < -0.4 is 15.5 Å². The molecule has 0 spiro atoms. The summed E-state index contributed by atoms with van der Waals surface area (Å²) in [6.07, 6.45) is 0.823. The van der Waals surface area contributed by atoms with Crippen LogP contribution in [0.25, 0.3) is 11.4 Å². The number of carbonyl (C=O) groups is 3. The number of nitrogens with one attached hydrogen (secondary N) is 2. The van der Waals surface area contributed by atoms with Crippen molar-refractivity contribution in [3.05, 3.63) is 35.5 Å². The Morgan fingerprint density at radius 2 is 2.03 bits per heavy atom.